The van der Waals surface area contributed by atoms with Gasteiger partial charge in [-0.2, -0.15) is 4.98 Å². The summed E-state index contributed by atoms with van der Waals surface area (Å²) in [5, 5.41) is 7.79. The Morgan fingerprint density at radius 1 is 0.939 bits per heavy atom. The molecule has 3 heterocycles. The van der Waals surface area contributed by atoms with Crippen LogP contribution in [0.3, 0.4) is 0 Å². The Kier molecular flexibility index (Phi) is 9.44. The average Bonchev–Trinajstić information content (AvgIpc) is 3.44. The summed E-state index contributed by atoms with van der Waals surface area (Å²) in [5.74, 6) is -0.964. The number of hydrogen-bond donors (Lipinski definition) is 1. The molecule has 1 atom stereocenters. The summed E-state index contributed by atoms with van der Waals surface area (Å²) < 4.78 is 26.3. The summed E-state index contributed by atoms with van der Waals surface area (Å²) in [7, 11) is 1.55. The molecular weight excluding hydrogens is 625 g/mol. The Labute approximate surface area is 283 Å². The first-order valence-electron chi connectivity index (χ1n) is 16.2. The molecule has 0 spiro atoms. The van der Waals surface area contributed by atoms with Crippen molar-refractivity contribution < 1.29 is 28.2 Å². The van der Waals surface area contributed by atoms with E-state index in [0.29, 0.717) is 34.2 Å². The smallest absolute Gasteiger partial charge is 0.307 e. The van der Waals surface area contributed by atoms with Gasteiger partial charge in [-0.05, 0) is 86.3 Å². The largest absolute Gasteiger partial charge is 0.495 e. The van der Waals surface area contributed by atoms with Crippen molar-refractivity contribution in [3.05, 3.63) is 108 Å². The molecular formula is C38H38FN5O5. The number of halogens is 1. The molecule has 3 aromatic carbocycles. The molecule has 0 aliphatic carbocycles. The van der Waals surface area contributed by atoms with E-state index in [1.54, 1.807) is 55.5 Å². The van der Waals surface area contributed by atoms with Crippen LogP contribution in [-0.2, 0) is 20.7 Å². The van der Waals surface area contributed by atoms with E-state index in [0.717, 1.165) is 36.2 Å². The Morgan fingerprint density at radius 2 is 1.65 bits per heavy atom. The Bertz CT molecular complexity index is 2000. The second-order valence-electron chi connectivity index (χ2n) is 13.1. The maximum Gasteiger partial charge on any atom is 0.307 e. The Balaban J connectivity index is 1.15. The number of nitrogens with zero attached hydrogens (tertiary/aromatic N) is 4. The second-order valence-corrected chi connectivity index (χ2v) is 13.1. The lowest BCUT2D eigenvalue weighted by atomic mass is 9.88. The molecule has 10 nitrogen and oxygen atoms in total. The summed E-state index contributed by atoms with van der Waals surface area (Å²) in [4.78, 5) is 45.2. The number of pyridine rings is 1. The van der Waals surface area contributed by atoms with Gasteiger partial charge in [0.1, 0.15) is 23.0 Å². The summed E-state index contributed by atoms with van der Waals surface area (Å²) in [5.41, 5.74) is 4.30. The first-order chi connectivity index (χ1) is 23.5. The van der Waals surface area contributed by atoms with Crippen LogP contribution in [0.4, 0.5) is 16.0 Å². The molecule has 11 heteroatoms. The Morgan fingerprint density at radius 3 is 2.31 bits per heavy atom. The quantitative estimate of drug-likeness (QED) is 0.154. The number of carbonyl (C=O) groups excluding carboxylic acids is 3. The van der Waals surface area contributed by atoms with Crippen LogP contribution in [0, 0.1) is 5.82 Å². The summed E-state index contributed by atoms with van der Waals surface area (Å²) in [6, 6.07) is 22.3. The number of rotatable bonds is 11. The zero-order valence-electron chi connectivity index (χ0n) is 27.9. The van der Waals surface area contributed by atoms with Gasteiger partial charge in [0.25, 0.3) is 5.91 Å². The van der Waals surface area contributed by atoms with Crippen molar-refractivity contribution in [2.24, 2.45) is 0 Å². The van der Waals surface area contributed by atoms with Crippen molar-refractivity contribution in [1.29, 1.82) is 0 Å². The zero-order valence-corrected chi connectivity index (χ0v) is 27.9. The number of ketones is 1. The van der Waals surface area contributed by atoms with Crippen LogP contribution in [0.5, 0.6) is 5.75 Å². The van der Waals surface area contributed by atoms with E-state index in [9.17, 15) is 18.8 Å². The predicted molar refractivity (Wildman–Crippen MR) is 184 cm³/mol. The Hall–Kier alpha value is -5.58. The first-order valence-corrected chi connectivity index (χ1v) is 16.2. The number of benzene rings is 3. The zero-order chi connectivity index (χ0) is 34.7. The van der Waals surface area contributed by atoms with Gasteiger partial charge in [0, 0.05) is 36.8 Å². The van der Waals surface area contributed by atoms with Crippen LogP contribution in [0.1, 0.15) is 61.0 Å². The molecule has 0 saturated carbocycles. The number of likely N-dealkylation sites (tertiary alicyclic amines) is 1. The highest BCUT2D eigenvalue weighted by atomic mass is 19.1. The lowest BCUT2D eigenvalue weighted by Crippen LogP contribution is -2.42. The molecule has 5 aromatic rings. The van der Waals surface area contributed by atoms with Crippen LogP contribution in [0.25, 0.3) is 16.8 Å². The molecule has 2 aromatic heterocycles. The van der Waals surface area contributed by atoms with E-state index in [1.807, 2.05) is 42.6 Å². The van der Waals surface area contributed by atoms with Gasteiger partial charge in [-0.1, -0.05) is 36.4 Å². The van der Waals surface area contributed by atoms with Gasteiger partial charge in [0.15, 0.2) is 5.65 Å². The summed E-state index contributed by atoms with van der Waals surface area (Å²) >= 11 is 0. The second kappa shape index (κ2) is 13.9. The number of anilines is 2. The van der Waals surface area contributed by atoms with E-state index < -0.39 is 23.3 Å². The van der Waals surface area contributed by atoms with Gasteiger partial charge in [-0.3, -0.25) is 14.4 Å². The van der Waals surface area contributed by atoms with Crippen molar-refractivity contribution >= 4 is 34.9 Å². The minimum absolute atomic E-state index is 0.0125. The number of esters is 1. The molecule has 0 unspecified atom stereocenters. The maximum atomic E-state index is 13.6. The lowest BCUT2D eigenvalue weighted by molar-refractivity contribution is -0.156. The highest BCUT2D eigenvalue weighted by Gasteiger charge is 2.27. The molecule has 252 valence electrons. The van der Waals surface area contributed by atoms with Crippen LogP contribution in [-0.4, -0.2) is 63.0 Å². The van der Waals surface area contributed by atoms with Gasteiger partial charge in [0.2, 0.25) is 5.95 Å². The third-order valence-electron chi connectivity index (χ3n) is 8.29. The van der Waals surface area contributed by atoms with E-state index in [-0.39, 0.29) is 24.5 Å². The fourth-order valence-corrected chi connectivity index (χ4v) is 5.66. The molecule has 49 heavy (non-hydrogen) atoms. The van der Waals surface area contributed by atoms with Crippen LogP contribution >= 0.6 is 0 Å². The molecule has 1 saturated heterocycles. The third-order valence-corrected chi connectivity index (χ3v) is 8.29. The maximum absolute atomic E-state index is 13.6. The highest BCUT2D eigenvalue weighted by Crippen LogP contribution is 2.30. The molecule has 1 fully saturated rings. The fourth-order valence-electron chi connectivity index (χ4n) is 5.66. The van der Waals surface area contributed by atoms with Crippen molar-refractivity contribution in [3.8, 4) is 16.9 Å². The first kappa shape index (κ1) is 33.3. The lowest BCUT2D eigenvalue weighted by Gasteiger charge is -2.31. The number of Topliss-reactive ketones (excluding diaryl/α,β-unsaturated/α-hetero) is 1. The molecule has 1 aliphatic heterocycles. The van der Waals surface area contributed by atoms with Crippen LogP contribution in [0.15, 0.2) is 85.1 Å². The number of hydrogen-bond acceptors (Lipinski definition) is 8. The molecule has 1 aliphatic rings. The van der Waals surface area contributed by atoms with Crippen LogP contribution < -0.4 is 10.1 Å². The van der Waals surface area contributed by atoms with E-state index in [4.69, 9.17) is 9.47 Å². The van der Waals surface area contributed by atoms with Gasteiger partial charge < -0.3 is 19.7 Å². The minimum atomic E-state index is -0.765. The number of ether oxygens (including phenoxy) is 2. The molecule has 1 amide bonds. The summed E-state index contributed by atoms with van der Waals surface area (Å²) in [6.45, 7) is 6.86. The SMILES string of the molecule is COc1cc(C(=O)N2CCC2)ccc1Nc1nc2ccc(-c3ccc(CC(=O)[C@H](CC(=O)OC(C)(C)C)c4ccc(F)cc4)cc3)cn2n1. The number of carbonyl (C=O) groups is 3. The van der Waals surface area contributed by atoms with Crippen LogP contribution in [0.2, 0.25) is 0 Å². The van der Waals surface area contributed by atoms with Gasteiger partial charge in [-0.25, -0.2) is 8.91 Å². The normalized spacial score (nSPS) is 13.4. The van der Waals surface area contributed by atoms with Gasteiger partial charge in [0.05, 0.1) is 25.1 Å². The third kappa shape index (κ3) is 7.94. The molecule has 0 radical (unpaired) electrons. The minimum Gasteiger partial charge on any atom is -0.495 e. The monoisotopic (exact) mass is 663 g/mol. The van der Waals surface area contributed by atoms with Gasteiger partial charge >= 0.3 is 5.97 Å². The summed E-state index contributed by atoms with van der Waals surface area (Å²) in [6.07, 6.45) is 2.85. The standard InChI is InChI=1S/C38H38FN5O5/c1-38(2,3)49-35(46)22-30(26-10-14-29(39)15-11-26)32(45)20-24-6-8-25(9-7-24)28-13-17-34-41-37(42-44(34)23-28)40-31-16-12-27(21-33(31)48-4)36(47)43-18-5-19-43/h6-17,21,23,30H,5,18-20,22H2,1-4H3,(H,40,42)/t30-/m1/s1. The van der Waals surface area contributed by atoms with Crippen molar-refractivity contribution in [1.82, 2.24) is 19.5 Å². The number of aromatic nitrogens is 3. The predicted octanol–water partition coefficient (Wildman–Crippen LogP) is 6.76. The van der Waals surface area contributed by atoms with E-state index in [1.165, 1.54) is 24.3 Å². The highest BCUT2D eigenvalue weighted by molar-refractivity contribution is 5.96. The van der Waals surface area contributed by atoms with Gasteiger partial charge in [-0.15, -0.1) is 5.10 Å². The topological polar surface area (TPSA) is 115 Å². The van der Waals surface area contributed by atoms with Crippen molar-refractivity contribution in [2.45, 2.75) is 51.6 Å². The molecule has 6 rings (SSSR count). The number of amides is 1. The molecule has 1 N–H and O–H groups in total. The van der Waals surface area contributed by atoms with Crippen molar-refractivity contribution in [3.63, 3.8) is 0 Å². The van der Waals surface area contributed by atoms with E-state index in [2.05, 4.69) is 15.4 Å². The average molecular weight is 664 g/mol. The fraction of sp³-hybridized carbons (Fsp3) is 0.289. The number of nitrogens with one attached hydrogen (secondary N) is 1. The van der Waals surface area contributed by atoms with E-state index >= 15 is 0 Å². The van der Waals surface area contributed by atoms with Crippen molar-refractivity contribution in [2.75, 3.05) is 25.5 Å². The number of methoxy groups -OCH3 is 1. The molecule has 0 bridgehead atoms. The number of fused-ring (bicyclic) bond motifs is 1.